The molecule has 1 unspecified atom stereocenters. The fourth-order valence-electron chi connectivity index (χ4n) is 8.06. The van der Waals surface area contributed by atoms with E-state index in [4.69, 9.17) is 14.2 Å². The Labute approximate surface area is 432 Å². The molecule has 6 nitrogen and oxygen atoms in total. The largest absolute Gasteiger partial charge is 0.462 e. The molecule has 1 atom stereocenters. The van der Waals surface area contributed by atoms with E-state index in [0.29, 0.717) is 12.8 Å². The molecule has 0 aromatic heterocycles. The summed E-state index contributed by atoms with van der Waals surface area (Å²) in [5.74, 6) is -1.05. The number of carbonyl (C=O) groups is 3. The molecule has 0 spiro atoms. The van der Waals surface area contributed by atoms with Crippen molar-refractivity contribution < 1.29 is 28.6 Å². The van der Waals surface area contributed by atoms with Gasteiger partial charge in [0.15, 0.2) is 6.10 Å². The van der Waals surface area contributed by atoms with Gasteiger partial charge in [-0.1, -0.05) is 272 Å². The van der Waals surface area contributed by atoms with Gasteiger partial charge in [0.25, 0.3) is 0 Å². The highest BCUT2D eigenvalue weighted by atomic mass is 16.6. The summed E-state index contributed by atoms with van der Waals surface area (Å²) in [5.41, 5.74) is 0. The van der Waals surface area contributed by atoms with E-state index in [1.54, 1.807) is 6.08 Å². The maximum absolute atomic E-state index is 12.9. The van der Waals surface area contributed by atoms with Crippen molar-refractivity contribution in [2.24, 2.45) is 0 Å². The minimum atomic E-state index is -0.823. The van der Waals surface area contributed by atoms with Crippen LogP contribution in [0, 0.1) is 0 Å². The van der Waals surface area contributed by atoms with Gasteiger partial charge < -0.3 is 14.2 Å². The summed E-state index contributed by atoms with van der Waals surface area (Å²) < 4.78 is 16.8. The van der Waals surface area contributed by atoms with Gasteiger partial charge >= 0.3 is 17.9 Å². The molecule has 0 fully saturated rings. The number of allylic oxidation sites excluding steroid dienone is 15. The number of ether oxygens (including phenoxy) is 3. The van der Waals surface area contributed by atoms with Gasteiger partial charge in [0, 0.05) is 12.8 Å². The Morgan fingerprint density at radius 1 is 0.314 bits per heavy atom. The Bertz CT molecular complexity index is 1400. The fourth-order valence-corrected chi connectivity index (χ4v) is 8.06. The van der Waals surface area contributed by atoms with Gasteiger partial charge in [0.2, 0.25) is 0 Å². The molecule has 0 aliphatic heterocycles. The molecule has 6 heteroatoms. The molecule has 400 valence electrons. The second-order valence-electron chi connectivity index (χ2n) is 19.2. The molecule has 0 aromatic carbocycles. The quantitative estimate of drug-likeness (QED) is 0.0262. The SMILES string of the molecule is CC/C=C\C/C=C\C/C=C\C/C=C\C/C=C\CC(=O)OCC(COC(=O)CCCCCCCCCCCCCCCCCCCCCC)OC(=O)CCCCCCCCC/C=C\C/C=C\C/C=C\CC. The summed E-state index contributed by atoms with van der Waals surface area (Å²) in [6, 6.07) is 0. The fraction of sp³-hybridized carbons (Fsp3) is 0.703. The van der Waals surface area contributed by atoms with E-state index in [9.17, 15) is 14.4 Å². The maximum atomic E-state index is 12.9. The lowest BCUT2D eigenvalue weighted by Gasteiger charge is -2.18. The first-order valence-electron chi connectivity index (χ1n) is 29.2. The molecule has 0 rings (SSSR count). The first-order valence-corrected chi connectivity index (χ1v) is 29.2. The van der Waals surface area contributed by atoms with Crippen LogP contribution in [0.3, 0.4) is 0 Å². The number of esters is 3. The van der Waals surface area contributed by atoms with Crippen molar-refractivity contribution in [1.82, 2.24) is 0 Å². The summed E-state index contributed by atoms with van der Waals surface area (Å²) in [6.07, 6.45) is 77.2. The second kappa shape index (κ2) is 57.9. The minimum Gasteiger partial charge on any atom is -0.462 e. The van der Waals surface area contributed by atoms with Crippen molar-refractivity contribution in [3.63, 3.8) is 0 Å². The van der Waals surface area contributed by atoms with Gasteiger partial charge in [-0.05, 0) is 77.0 Å². The van der Waals surface area contributed by atoms with Crippen molar-refractivity contribution in [3.05, 3.63) is 97.2 Å². The third kappa shape index (κ3) is 55.3. The van der Waals surface area contributed by atoms with E-state index in [1.165, 1.54) is 135 Å². The van der Waals surface area contributed by atoms with E-state index in [2.05, 4.69) is 106 Å². The molecule has 0 aliphatic carbocycles. The van der Waals surface area contributed by atoms with Crippen LogP contribution in [0.15, 0.2) is 97.2 Å². The number of hydrogen-bond donors (Lipinski definition) is 0. The summed E-state index contributed by atoms with van der Waals surface area (Å²) in [6.45, 7) is 6.34. The van der Waals surface area contributed by atoms with Crippen LogP contribution in [0.2, 0.25) is 0 Å². The zero-order chi connectivity index (χ0) is 50.7. The zero-order valence-corrected chi connectivity index (χ0v) is 45.8. The summed E-state index contributed by atoms with van der Waals surface area (Å²) in [4.78, 5) is 38.1. The van der Waals surface area contributed by atoms with Gasteiger partial charge in [0.05, 0.1) is 6.42 Å². The zero-order valence-electron chi connectivity index (χ0n) is 45.8. The molecule has 0 heterocycles. The van der Waals surface area contributed by atoms with Gasteiger partial charge in [-0.25, -0.2) is 0 Å². The van der Waals surface area contributed by atoms with Crippen molar-refractivity contribution in [2.45, 2.75) is 277 Å². The Morgan fingerprint density at radius 2 is 0.614 bits per heavy atom. The van der Waals surface area contributed by atoms with Crippen LogP contribution in [0.1, 0.15) is 271 Å². The molecule has 70 heavy (non-hydrogen) atoms. The predicted molar refractivity (Wildman–Crippen MR) is 302 cm³/mol. The number of carbonyl (C=O) groups excluding carboxylic acids is 3. The lowest BCUT2D eigenvalue weighted by molar-refractivity contribution is -0.166. The molecular weight excluding hydrogens is 865 g/mol. The molecule has 0 saturated carbocycles. The monoisotopic (exact) mass is 973 g/mol. The van der Waals surface area contributed by atoms with E-state index in [-0.39, 0.29) is 31.6 Å². The first kappa shape index (κ1) is 66.3. The normalized spacial score (nSPS) is 12.8. The molecule has 0 N–H and O–H groups in total. The van der Waals surface area contributed by atoms with Crippen LogP contribution in [0.25, 0.3) is 0 Å². The predicted octanol–water partition coefficient (Wildman–Crippen LogP) is 19.7. The van der Waals surface area contributed by atoms with E-state index in [1.807, 2.05) is 6.08 Å². The summed E-state index contributed by atoms with van der Waals surface area (Å²) in [5, 5.41) is 0. The third-order valence-corrected chi connectivity index (χ3v) is 12.4. The Balaban J connectivity index is 4.45. The van der Waals surface area contributed by atoms with Crippen LogP contribution in [-0.4, -0.2) is 37.2 Å². The van der Waals surface area contributed by atoms with E-state index >= 15 is 0 Å². The molecule has 0 saturated heterocycles. The van der Waals surface area contributed by atoms with Gasteiger partial charge in [-0.3, -0.25) is 14.4 Å². The van der Waals surface area contributed by atoms with Gasteiger partial charge in [-0.15, -0.1) is 0 Å². The average Bonchev–Trinajstić information content (AvgIpc) is 3.36. The highest BCUT2D eigenvalue weighted by Crippen LogP contribution is 2.16. The Kier molecular flexibility index (Phi) is 54.9. The molecule has 0 aromatic rings. The third-order valence-electron chi connectivity index (χ3n) is 12.4. The van der Waals surface area contributed by atoms with Crippen LogP contribution < -0.4 is 0 Å². The lowest BCUT2D eigenvalue weighted by atomic mass is 10.0. The highest BCUT2D eigenvalue weighted by molar-refractivity contribution is 5.72. The Hall–Kier alpha value is -3.67. The van der Waals surface area contributed by atoms with Crippen molar-refractivity contribution in [1.29, 1.82) is 0 Å². The van der Waals surface area contributed by atoms with Crippen molar-refractivity contribution >= 4 is 17.9 Å². The topological polar surface area (TPSA) is 78.9 Å². The highest BCUT2D eigenvalue weighted by Gasteiger charge is 2.19. The van der Waals surface area contributed by atoms with Gasteiger partial charge in [0.1, 0.15) is 13.2 Å². The van der Waals surface area contributed by atoms with Gasteiger partial charge in [-0.2, -0.15) is 0 Å². The van der Waals surface area contributed by atoms with Crippen LogP contribution in [0.5, 0.6) is 0 Å². The van der Waals surface area contributed by atoms with Crippen molar-refractivity contribution in [2.75, 3.05) is 13.2 Å². The smallest absolute Gasteiger partial charge is 0.309 e. The summed E-state index contributed by atoms with van der Waals surface area (Å²) >= 11 is 0. The average molecular weight is 974 g/mol. The molecule has 0 amide bonds. The van der Waals surface area contributed by atoms with Crippen LogP contribution in [-0.2, 0) is 28.6 Å². The maximum Gasteiger partial charge on any atom is 0.309 e. The molecule has 0 radical (unpaired) electrons. The summed E-state index contributed by atoms with van der Waals surface area (Å²) in [7, 11) is 0. The Morgan fingerprint density at radius 3 is 1.00 bits per heavy atom. The number of unbranched alkanes of at least 4 members (excludes halogenated alkanes) is 26. The van der Waals surface area contributed by atoms with E-state index < -0.39 is 12.1 Å². The van der Waals surface area contributed by atoms with E-state index in [0.717, 1.165) is 96.3 Å². The molecule has 0 aliphatic rings. The minimum absolute atomic E-state index is 0.110. The standard InChI is InChI=1S/C64H108O6/c1-4-7-10-13-16-19-22-25-28-30-31-32-34-36-39-42-45-48-51-54-57-63(66)69-60-61(59-68-62(65)56-53-50-47-44-41-38-35-27-24-21-18-15-12-9-6-3)70-64(67)58-55-52-49-46-43-40-37-33-29-26-23-20-17-14-11-8-5-2/h8-9,11-12,17-18,20-21,26-27,29,35,41,44,50,53,61H,4-7,10,13-16,19,22-25,28,30-34,36-40,42-43,45-49,51-52,54-60H2,1-3H3/b11-8-,12-9-,20-17-,21-18-,29-26-,35-27-,44-41-,53-50-. The number of hydrogen-bond acceptors (Lipinski definition) is 6. The first-order chi connectivity index (χ1) is 34.5. The number of rotatable bonds is 52. The molecule has 0 bridgehead atoms. The van der Waals surface area contributed by atoms with Crippen molar-refractivity contribution in [3.8, 4) is 0 Å². The van der Waals surface area contributed by atoms with Crippen LogP contribution >= 0.6 is 0 Å². The van der Waals surface area contributed by atoms with Crippen LogP contribution in [0.4, 0.5) is 0 Å². The second-order valence-corrected chi connectivity index (χ2v) is 19.2. The molecular formula is C64H108O6. The lowest BCUT2D eigenvalue weighted by Crippen LogP contribution is -2.30.